The van der Waals surface area contributed by atoms with Crippen molar-refractivity contribution in [3.05, 3.63) is 0 Å². The minimum Gasteiger partial charge on any atom is -0.460 e. The highest BCUT2D eigenvalue weighted by molar-refractivity contribution is 14.1. The van der Waals surface area contributed by atoms with Crippen molar-refractivity contribution in [3.63, 3.8) is 0 Å². The van der Waals surface area contributed by atoms with Crippen LogP contribution in [0.3, 0.4) is 0 Å². The Bertz CT molecular complexity index is 128. The number of cyclic esters (lactones) is 1. The number of esters is 1. The average Bonchev–Trinajstić information content (AvgIpc) is 2.13. The molecule has 0 spiro atoms. The molecule has 2 atom stereocenters. The van der Waals surface area contributed by atoms with Crippen molar-refractivity contribution in [2.75, 3.05) is 4.43 Å². The summed E-state index contributed by atoms with van der Waals surface area (Å²) < 4.78 is 5.70. The van der Waals surface area contributed by atoms with Crippen LogP contribution in [0.1, 0.15) is 6.42 Å². The smallest absolute Gasteiger partial charge is 0.323 e. The van der Waals surface area contributed by atoms with Crippen LogP contribution in [0.25, 0.3) is 0 Å². The van der Waals surface area contributed by atoms with Crippen LogP contribution in [0.4, 0.5) is 0 Å². The third-order valence-corrected chi connectivity index (χ3v) is 2.26. The number of halogens is 1. The lowest BCUT2D eigenvalue weighted by molar-refractivity contribution is -0.141. The molecule has 0 aromatic heterocycles. The second-order valence-electron chi connectivity index (χ2n) is 2.06. The third-order valence-electron chi connectivity index (χ3n) is 1.27. The Labute approximate surface area is 67.1 Å². The molecule has 0 bridgehead atoms. The maximum absolute atomic E-state index is 10.6. The van der Waals surface area contributed by atoms with Crippen molar-refractivity contribution in [3.8, 4) is 0 Å². The van der Waals surface area contributed by atoms with Crippen molar-refractivity contribution in [2.24, 2.45) is 5.73 Å². The predicted molar refractivity (Wildman–Crippen MR) is 41.4 cm³/mol. The molecule has 0 aromatic rings. The van der Waals surface area contributed by atoms with Crippen LogP contribution in [0.15, 0.2) is 0 Å². The molecule has 1 rings (SSSR count). The summed E-state index contributed by atoms with van der Waals surface area (Å²) in [6, 6.07) is -0.371. The van der Waals surface area contributed by atoms with Crippen LogP contribution in [0, 0.1) is 0 Å². The summed E-state index contributed by atoms with van der Waals surface area (Å²) in [4.78, 5) is 10.6. The first-order valence-electron chi connectivity index (χ1n) is 2.76. The van der Waals surface area contributed by atoms with Gasteiger partial charge in [0.05, 0.1) is 0 Å². The predicted octanol–water partition coefficient (Wildman–Crippen LogP) is 0.0642. The largest absolute Gasteiger partial charge is 0.460 e. The molecule has 0 aromatic carbocycles. The summed E-state index contributed by atoms with van der Waals surface area (Å²) in [7, 11) is 0. The fourth-order valence-corrected chi connectivity index (χ4v) is 1.31. The molecule has 3 nitrogen and oxygen atoms in total. The summed E-state index contributed by atoms with van der Waals surface area (Å²) in [5, 5.41) is 0. The van der Waals surface area contributed by atoms with Gasteiger partial charge in [-0.15, -0.1) is 0 Å². The van der Waals surface area contributed by atoms with Crippen LogP contribution in [-0.2, 0) is 9.53 Å². The standard InChI is InChI=1S/C5H8INO2/c6-2-3-1-4(7)5(8)9-3/h3-4H,1-2,7H2/t3-,4-/m0/s1. The molecule has 1 fully saturated rings. The number of nitrogens with two attached hydrogens (primary N) is 1. The van der Waals surface area contributed by atoms with Gasteiger partial charge in [0, 0.05) is 10.8 Å². The number of carbonyl (C=O) groups is 1. The highest BCUT2D eigenvalue weighted by Gasteiger charge is 2.30. The number of alkyl halides is 1. The summed E-state index contributed by atoms with van der Waals surface area (Å²) in [5.41, 5.74) is 5.37. The van der Waals surface area contributed by atoms with E-state index in [0.29, 0.717) is 6.42 Å². The lowest BCUT2D eigenvalue weighted by atomic mass is 10.2. The molecular formula is C5H8INO2. The van der Waals surface area contributed by atoms with Gasteiger partial charge in [0.25, 0.3) is 0 Å². The van der Waals surface area contributed by atoms with Gasteiger partial charge in [-0.3, -0.25) is 4.79 Å². The van der Waals surface area contributed by atoms with Crippen molar-refractivity contribution >= 4 is 28.6 Å². The molecule has 9 heavy (non-hydrogen) atoms. The highest BCUT2D eigenvalue weighted by Crippen LogP contribution is 2.14. The van der Waals surface area contributed by atoms with Crippen molar-refractivity contribution in [1.82, 2.24) is 0 Å². The SMILES string of the molecule is N[C@H]1C[C@@H](CI)OC1=O. The van der Waals surface area contributed by atoms with E-state index >= 15 is 0 Å². The fourth-order valence-electron chi connectivity index (χ4n) is 0.774. The summed E-state index contributed by atoms with van der Waals surface area (Å²) in [6.07, 6.45) is 0.745. The van der Waals surface area contributed by atoms with Crippen LogP contribution in [0.2, 0.25) is 0 Å². The third kappa shape index (κ3) is 1.54. The van der Waals surface area contributed by atoms with Gasteiger partial charge < -0.3 is 10.5 Å². The van der Waals surface area contributed by atoms with Gasteiger partial charge in [-0.05, 0) is 0 Å². The molecule has 4 heteroatoms. The highest BCUT2D eigenvalue weighted by atomic mass is 127. The molecule has 0 aliphatic carbocycles. The second-order valence-corrected chi connectivity index (χ2v) is 2.94. The number of rotatable bonds is 1. The zero-order valence-corrected chi connectivity index (χ0v) is 7.00. The maximum atomic E-state index is 10.6. The minimum absolute atomic E-state index is 0.0631. The van der Waals surface area contributed by atoms with Gasteiger partial charge >= 0.3 is 5.97 Å². The number of hydrogen-bond donors (Lipinski definition) is 1. The summed E-state index contributed by atoms with van der Waals surface area (Å²) in [5.74, 6) is -0.253. The first-order chi connectivity index (χ1) is 4.24. The van der Waals surface area contributed by atoms with Gasteiger partial charge in [-0.2, -0.15) is 0 Å². The second kappa shape index (κ2) is 2.83. The van der Waals surface area contributed by atoms with E-state index in [1.54, 1.807) is 0 Å². The van der Waals surface area contributed by atoms with E-state index in [4.69, 9.17) is 10.5 Å². The first-order valence-corrected chi connectivity index (χ1v) is 4.28. The number of hydrogen-bond acceptors (Lipinski definition) is 3. The molecule has 1 aliphatic heterocycles. The van der Waals surface area contributed by atoms with Gasteiger partial charge in [-0.1, -0.05) is 22.6 Å². The zero-order valence-electron chi connectivity index (χ0n) is 4.84. The molecule has 2 N–H and O–H groups in total. The van der Waals surface area contributed by atoms with E-state index in [1.807, 2.05) is 0 Å². The molecule has 1 saturated heterocycles. The Morgan fingerprint density at radius 1 is 1.89 bits per heavy atom. The van der Waals surface area contributed by atoms with Crippen LogP contribution in [0.5, 0.6) is 0 Å². The lowest BCUT2D eigenvalue weighted by Gasteiger charge is -2.00. The molecule has 52 valence electrons. The average molecular weight is 241 g/mol. The van der Waals surface area contributed by atoms with Crippen LogP contribution < -0.4 is 5.73 Å². The van der Waals surface area contributed by atoms with Gasteiger partial charge in [0.1, 0.15) is 12.1 Å². The van der Waals surface area contributed by atoms with Gasteiger partial charge in [-0.25, -0.2) is 0 Å². The van der Waals surface area contributed by atoms with Crippen LogP contribution >= 0.6 is 22.6 Å². The molecular weight excluding hydrogens is 233 g/mol. The molecule has 0 unspecified atom stereocenters. The van der Waals surface area contributed by atoms with Crippen molar-refractivity contribution < 1.29 is 9.53 Å². The van der Waals surface area contributed by atoms with E-state index in [-0.39, 0.29) is 18.1 Å². The number of ether oxygens (including phenoxy) is 1. The number of carbonyl (C=O) groups excluding carboxylic acids is 1. The normalized spacial score (nSPS) is 34.7. The Balaban J connectivity index is 2.44. The Morgan fingerprint density at radius 2 is 2.56 bits per heavy atom. The van der Waals surface area contributed by atoms with E-state index < -0.39 is 0 Å². The molecule has 0 radical (unpaired) electrons. The quantitative estimate of drug-likeness (QED) is 0.401. The summed E-state index contributed by atoms with van der Waals surface area (Å²) in [6.45, 7) is 0. The maximum Gasteiger partial charge on any atom is 0.323 e. The molecule has 0 saturated carbocycles. The molecule has 0 amide bonds. The Morgan fingerprint density at radius 3 is 2.78 bits per heavy atom. The Kier molecular flexibility index (Phi) is 2.29. The topological polar surface area (TPSA) is 52.3 Å². The van der Waals surface area contributed by atoms with Crippen molar-refractivity contribution in [2.45, 2.75) is 18.6 Å². The lowest BCUT2D eigenvalue weighted by Crippen LogP contribution is -2.24. The van der Waals surface area contributed by atoms with E-state index in [1.165, 1.54) is 0 Å². The first kappa shape index (κ1) is 7.27. The fraction of sp³-hybridized carbons (Fsp3) is 0.800. The minimum atomic E-state index is -0.371. The Hall–Kier alpha value is 0.160. The van der Waals surface area contributed by atoms with E-state index in [0.717, 1.165) is 4.43 Å². The van der Waals surface area contributed by atoms with Crippen LogP contribution in [-0.4, -0.2) is 22.5 Å². The molecule has 1 heterocycles. The zero-order chi connectivity index (χ0) is 6.85. The monoisotopic (exact) mass is 241 g/mol. The van der Waals surface area contributed by atoms with E-state index in [2.05, 4.69) is 22.6 Å². The van der Waals surface area contributed by atoms with Gasteiger partial charge in [0.15, 0.2) is 0 Å². The van der Waals surface area contributed by atoms with E-state index in [9.17, 15) is 4.79 Å². The van der Waals surface area contributed by atoms with Gasteiger partial charge in [0.2, 0.25) is 0 Å². The van der Waals surface area contributed by atoms with Crippen molar-refractivity contribution in [1.29, 1.82) is 0 Å². The summed E-state index contributed by atoms with van der Waals surface area (Å²) >= 11 is 2.18. The molecule has 1 aliphatic rings.